The fourth-order valence-corrected chi connectivity index (χ4v) is 4.24. The number of benzene rings is 2. The summed E-state index contributed by atoms with van der Waals surface area (Å²) in [4.78, 5) is 17.9. The summed E-state index contributed by atoms with van der Waals surface area (Å²) >= 11 is 0. The molecule has 4 aromatic heterocycles. The normalized spacial score (nSPS) is 10.7. The second-order valence-corrected chi connectivity index (χ2v) is 10.2. The molecule has 0 fully saturated rings. The quantitative estimate of drug-likeness (QED) is 0.165. The molecule has 0 aliphatic rings. The van der Waals surface area contributed by atoms with Gasteiger partial charge in [-0.1, -0.05) is 24.3 Å². The number of hydrogen-bond acceptors (Lipinski definition) is 7. The number of rotatable bonds is 10. The third kappa shape index (κ3) is 7.40. The smallest absolute Gasteiger partial charge is 0.127 e. The number of aryl methyl sites for hydroxylation is 2. The second kappa shape index (κ2) is 13.0. The van der Waals surface area contributed by atoms with Crippen LogP contribution in [0.1, 0.15) is 22.3 Å². The van der Waals surface area contributed by atoms with Crippen molar-refractivity contribution in [2.45, 2.75) is 27.1 Å². The molecular weight excluding hydrogens is 536 g/mol. The fraction of sp³-hybridized carbons (Fsp3) is 0.111. The Hall–Kier alpha value is -5.56. The molecule has 0 aliphatic carbocycles. The van der Waals surface area contributed by atoms with Crippen molar-refractivity contribution in [2.75, 3.05) is 0 Å². The maximum atomic E-state index is 6.00. The maximum absolute atomic E-state index is 6.00. The number of hydrogen-bond donors (Lipinski definition) is 0. The van der Waals surface area contributed by atoms with Crippen LogP contribution in [0.2, 0.25) is 0 Å². The van der Waals surface area contributed by atoms with Crippen LogP contribution in [0.5, 0.6) is 23.0 Å². The van der Waals surface area contributed by atoms with E-state index in [4.69, 9.17) is 14.2 Å². The molecule has 2 aromatic carbocycles. The summed E-state index contributed by atoms with van der Waals surface area (Å²) in [6, 6.07) is 31.0. The van der Waals surface area contributed by atoms with Gasteiger partial charge in [-0.3, -0.25) is 19.9 Å². The molecular formula is C36H30N4O3. The van der Waals surface area contributed by atoms with Crippen LogP contribution in [-0.2, 0) is 13.2 Å². The van der Waals surface area contributed by atoms with Gasteiger partial charge in [-0.2, -0.15) is 0 Å². The van der Waals surface area contributed by atoms with E-state index in [1.165, 1.54) is 0 Å². The van der Waals surface area contributed by atoms with E-state index in [9.17, 15) is 0 Å². The largest absolute Gasteiger partial charge is 0.489 e. The van der Waals surface area contributed by atoms with Gasteiger partial charge in [0.05, 0.1) is 22.8 Å². The average Bonchev–Trinajstić information content (AvgIpc) is 3.05. The zero-order chi connectivity index (χ0) is 29.4. The van der Waals surface area contributed by atoms with Gasteiger partial charge in [0, 0.05) is 35.9 Å². The van der Waals surface area contributed by atoms with Gasteiger partial charge >= 0.3 is 0 Å². The van der Waals surface area contributed by atoms with Crippen molar-refractivity contribution in [1.29, 1.82) is 0 Å². The van der Waals surface area contributed by atoms with Crippen molar-refractivity contribution >= 4 is 0 Å². The molecule has 0 spiro atoms. The van der Waals surface area contributed by atoms with Crippen LogP contribution in [0.15, 0.2) is 122 Å². The molecule has 0 unspecified atom stereocenters. The molecule has 0 amide bonds. The number of ether oxygens (including phenoxy) is 3. The Balaban J connectivity index is 0.965. The van der Waals surface area contributed by atoms with E-state index in [1.807, 2.05) is 136 Å². The molecule has 0 bridgehead atoms. The van der Waals surface area contributed by atoms with Crippen molar-refractivity contribution < 1.29 is 14.2 Å². The third-order valence-corrected chi connectivity index (χ3v) is 6.69. The standard InChI is InChI=1S/C36H30N4O3/c1-25-3-15-33(37-19-25)35-17-5-27(21-39-35)23-41-29-7-11-31(12-8-29)43-32-13-9-30(10-14-32)42-24-28-6-18-36(40-22-28)34-16-4-26(2)20-38-34/h3-22H,23-24H2,1-2H3. The van der Waals surface area contributed by atoms with Gasteiger partial charge in [0.2, 0.25) is 0 Å². The van der Waals surface area contributed by atoms with Crippen LogP contribution in [0, 0.1) is 13.8 Å². The highest BCUT2D eigenvalue weighted by Crippen LogP contribution is 2.27. The minimum absolute atomic E-state index is 0.417. The molecule has 6 aromatic rings. The topological polar surface area (TPSA) is 79.2 Å². The van der Waals surface area contributed by atoms with Crippen LogP contribution in [0.3, 0.4) is 0 Å². The summed E-state index contributed by atoms with van der Waals surface area (Å²) in [5.74, 6) is 2.93. The highest BCUT2D eigenvalue weighted by atomic mass is 16.5. The van der Waals surface area contributed by atoms with Gasteiger partial charge in [-0.05, 0) is 97.8 Å². The molecule has 0 radical (unpaired) electrons. The summed E-state index contributed by atoms with van der Waals surface area (Å²) in [5.41, 5.74) is 7.58. The van der Waals surface area contributed by atoms with Crippen molar-refractivity contribution in [3.63, 3.8) is 0 Å². The van der Waals surface area contributed by atoms with E-state index in [0.717, 1.165) is 56.5 Å². The minimum Gasteiger partial charge on any atom is -0.489 e. The molecule has 0 saturated carbocycles. The second-order valence-electron chi connectivity index (χ2n) is 10.2. The molecule has 0 atom stereocenters. The molecule has 4 heterocycles. The molecule has 7 nitrogen and oxygen atoms in total. The summed E-state index contributed by atoms with van der Waals surface area (Å²) in [5, 5.41) is 0. The highest BCUT2D eigenvalue weighted by Gasteiger charge is 2.05. The first-order valence-corrected chi connectivity index (χ1v) is 14.0. The first kappa shape index (κ1) is 27.6. The van der Waals surface area contributed by atoms with E-state index >= 15 is 0 Å². The molecule has 7 heteroatoms. The van der Waals surface area contributed by atoms with E-state index in [-0.39, 0.29) is 0 Å². The van der Waals surface area contributed by atoms with Crippen molar-refractivity contribution in [2.24, 2.45) is 0 Å². The van der Waals surface area contributed by atoms with Crippen LogP contribution in [-0.4, -0.2) is 19.9 Å². The lowest BCUT2D eigenvalue weighted by Crippen LogP contribution is -1.97. The molecule has 43 heavy (non-hydrogen) atoms. The number of nitrogens with zero attached hydrogens (tertiary/aromatic N) is 4. The Morgan fingerprint density at radius 2 is 0.744 bits per heavy atom. The number of aromatic nitrogens is 4. The van der Waals surface area contributed by atoms with Crippen molar-refractivity contribution in [3.8, 4) is 45.8 Å². The van der Waals surface area contributed by atoms with Crippen molar-refractivity contribution in [3.05, 3.63) is 144 Å². The summed E-state index contributed by atoms with van der Waals surface area (Å²) in [6.45, 7) is 4.87. The highest BCUT2D eigenvalue weighted by molar-refractivity contribution is 5.55. The van der Waals surface area contributed by atoms with E-state index in [2.05, 4.69) is 19.9 Å². The van der Waals surface area contributed by atoms with Gasteiger partial charge in [0.15, 0.2) is 0 Å². The van der Waals surface area contributed by atoms with E-state index in [0.29, 0.717) is 24.7 Å². The lowest BCUT2D eigenvalue weighted by molar-refractivity contribution is 0.305. The van der Waals surface area contributed by atoms with Crippen LogP contribution in [0.25, 0.3) is 22.8 Å². The Morgan fingerprint density at radius 1 is 0.395 bits per heavy atom. The Bertz CT molecular complexity index is 1620. The zero-order valence-corrected chi connectivity index (χ0v) is 24.0. The maximum Gasteiger partial charge on any atom is 0.127 e. The van der Waals surface area contributed by atoms with Crippen LogP contribution < -0.4 is 14.2 Å². The third-order valence-electron chi connectivity index (χ3n) is 6.69. The SMILES string of the molecule is Cc1ccc(-c2ccc(COc3ccc(Oc4ccc(OCc5ccc(-c6ccc(C)cn6)nc5)cc4)cc3)cn2)nc1. The zero-order valence-electron chi connectivity index (χ0n) is 24.0. The average molecular weight is 567 g/mol. The van der Waals surface area contributed by atoms with E-state index in [1.54, 1.807) is 0 Å². The summed E-state index contributed by atoms with van der Waals surface area (Å²) in [7, 11) is 0. The lowest BCUT2D eigenvalue weighted by Gasteiger charge is -2.10. The van der Waals surface area contributed by atoms with Crippen LogP contribution in [0.4, 0.5) is 0 Å². The van der Waals surface area contributed by atoms with Crippen LogP contribution >= 0.6 is 0 Å². The van der Waals surface area contributed by atoms with Crippen molar-refractivity contribution in [1.82, 2.24) is 19.9 Å². The van der Waals surface area contributed by atoms with Gasteiger partial charge in [-0.15, -0.1) is 0 Å². The van der Waals surface area contributed by atoms with Gasteiger partial charge in [0.25, 0.3) is 0 Å². The Labute approximate surface area is 250 Å². The first-order chi connectivity index (χ1) is 21.1. The molecule has 0 aliphatic heterocycles. The monoisotopic (exact) mass is 566 g/mol. The number of pyridine rings is 4. The lowest BCUT2D eigenvalue weighted by atomic mass is 10.2. The predicted molar refractivity (Wildman–Crippen MR) is 166 cm³/mol. The molecule has 0 saturated heterocycles. The first-order valence-electron chi connectivity index (χ1n) is 14.0. The van der Waals surface area contributed by atoms with Gasteiger partial charge in [-0.25, -0.2) is 0 Å². The Morgan fingerprint density at radius 3 is 1.07 bits per heavy atom. The molecule has 0 N–H and O–H groups in total. The van der Waals surface area contributed by atoms with Gasteiger partial charge < -0.3 is 14.2 Å². The summed E-state index contributed by atoms with van der Waals surface area (Å²) in [6.07, 6.45) is 7.32. The predicted octanol–water partition coefficient (Wildman–Crippen LogP) is 8.17. The Kier molecular flexibility index (Phi) is 8.32. The molecule has 6 rings (SSSR count). The minimum atomic E-state index is 0.417. The fourth-order valence-electron chi connectivity index (χ4n) is 4.24. The van der Waals surface area contributed by atoms with Gasteiger partial charge in [0.1, 0.15) is 36.2 Å². The molecule has 212 valence electrons. The summed E-state index contributed by atoms with van der Waals surface area (Å²) < 4.78 is 17.9. The van der Waals surface area contributed by atoms with E-state index < -0.39 is 0 Å².